The Morgan fingerprint density at radius 1 is 1.33 bits per heavy atom. The monoisotopic (exact) mass is 288 g/mol. The van der Waals surface area contributed by atoms with Gasteiger partial charge in [-0.15, -0.1) is 0 Å². The summed E-state index contributed by atoms with van der Waals surface area (Å²) in [7, 11) is 0. The van der Waals surface area contributed by atoms with Crippen molar-refractivity contribution in [2.24, 2.45) is 11.8 Å². The van der Waals surface area contributed by atoms with Gasteiger partial charge in [0.15, 0.2) is 0 Å². The zero-order valence-electron chi connectivity index (χ0n) is 11.8. The lowest BCUT2D eigenvalue weighted by atomic mass is 9.92. The molecule has 1 unspecified atom stereocenters. The molecule has 1 aromatic carbocycles. The lowest BCUT2D eigenvalue weighted by Crippen LogP contribution is -2.20. The molecular formula is C17H20O4. The predicted molar refractivity (Wildman–Crippen MR) is 78.6 cm³/mol. The lowest BCUT2D eigenvalue weighted by Gasteiger charge is -2.15. The Morgan fingerprint density at radius 3 is 2.81 bits per heavy atom. The average Bonchev–Trinajstić information content (AvgIpc) is 2.85. The van der Waals surface area contributed by atoms with Crippen molar-refractivity contribution in [3.05, 3.63) is 30.3 Å². The molecule has 0 amide bonds. The number of aldehydes is 1. The minimum atomic E-state index is -0.875. The van der Waals surface area contributed by atoms with E-state index < -0.39 is 12.2 Å². The van der Waals surface area contributed by atoms with E-state index in [1.54, 1.807) is 0 Å². The highest BCUT2D eigenvalue weighted by molar-refractivity contribution is 5.50. The maximum absolute atomic E-state index is 10.6. The molecule has 0 radical (unpaired) electrons. The number of para-hydroxylation sites is 1. The summed E-state index contributed by atoms with van der Waals surface area (Å²) in [5, 5.41) is 19.6. The van der Waals surface area contributed by atoms with E-state index in [0.29, 0.717) is 18.6 Å². The van der Waals surface area contributed by atoms with Crippen LogP contribution in [0.4, 0.5) is 0 Å². The third-order valence-corrected chi connectivity index (χ3v) is 3.74. The minimum Gasteiger partial charge on any atom is -0.490 e. The molecule has 1 aromatic rings. The third-order valence-electron chi connectivity index (χ3n) is 3.74. The molecule has 1 saturated carbocycles. The highest BCUT2D eigenvalue weighted by Gasteiger charge is 2.33. The number of ether oxygens (including phenoxy) is 1. The van der Waals surface area contributed by atoms with Crippen LogP contribution in [0.15, 0.2) is 30.3 Å². The van der Waals surface area contributed by atoms with Crippen LogP contribution in [0, 0.1) is 23.7 Å². The quantitative estimate of drug-likeness (QED) is 0.635. The second kappa shape index (κ2) is 7.82. The van der Waals surface area contributed by atoms with Crippen molar-refractivity contribution in [1.29, 1.82) is 0 Å². The summed E-state index contributed by atoms with van der Waals surface area (Å²) < 4.78 is 5.42. The molecule has 0 heterocycles. The van der Waals surface area contributed by atoms with E-state index in [1.165, 1.54) is 0 Å². The zero-order chi connectivity index (χ0) is 15.1. The van der Waals surface area contributed by atoms with Crippen LogP contribution in [0.5, 0.6) is 5.75 Å². The van der Waals surface area contributed by atoms with Gasteiger partial charge in [0.25, 0.3) is 0 Å². The smallest absolute Gasteiger partial charge is 0.148 e. The lowest BCUT2D eigenvalue weighted by molar-refractivity contribution is -0.109. The minimum absolute atomic E-state index is 0.0309. The van der Waals surface area contributed by atoms with Crippen LogP contribution >= 0.6 is 0 Å². The Kier molecular flexibility index (Phi) is 5.79. The van der Waals surface area contributed by atoms with E-state index >= 15 is 0 Å². The molecule has 0 bridgehead atoms. The van der Waals surface area contributed by atoms with Gasteiger partial charge in [-0.05, 0) is 25.0 Å². The maximum Gasteiger partial charge on any atom is 0.148 e. The number of carbonyl (C=O) groups is 1. The SMILES string of the molecule is O=CC[C@H]1[C@@H](O)CC[C@@H]1C#CC(O)COc1ccccc1. The van der Waals surface area contributed by atoms with Gasteiger partial charge in [0.05, 0.1) is 6.10 Å². The average molecular weight is 288 g/mol. The summed E-state index contributed by atoms with van der Waals surface area (Å²) in [5.41, 5.74) is 0. The second-order valence-electron chi connectivity index (χ2n) is 5.25. The van der Waals surface area contributed by atoms with Crippen LogP contribution in [-0.2, 0) is 4.79 Å². The number of hydrogen-bond acceptors (Lipinski definition) is 4. The van der Waals surface area contributed by atoms with Crippen molar-refractivity contribution < 1.29 is 19.7 Å². The number of carbonyl (C=O) groups excluding carboxylic acids is 1. The van der Waals surface area contributed by atoms with Crippen LogP contribution < -0.4 is 4.74 Å². The van der Waals surface area contributed by atoms with Gasteiger partial charge < -0.3 is 19.7 Å². The molecule has 4 atom stereocenters. The Balaban J connectivity index is 1.85. The standard InChI is InChI=1S/C17H20O4/c18-11-10-16-13(7-9-17(16)20)6-8-14(19)12-21-15-4-2-1-3-5-15/h1-5,11,13-14,16-17,19-20H,7,9-10,12H2/t13-,14?,16+,17-/m0/s1. The molecule has 1 fully saturated rings. The molecule has 1 aliphatic rings. The van der Waals surface area contributed by atoms with Crippen LogP contribution in [0.3, 0.4) is 0 Å². The first-order chi connectivity index (χ1) is 10.2. The zero-order valence-corrected chi connectivity index (χ0v) is 11.8. The first-order valence-electron chi connectivity index (χ1n) is 7.19. The van der Waals surface area contributed by atoms with Crippen LogP contribution in [0.2, 0.25) is 0 Å². The number of aliphatic hydroxyl groups is 2. The topological polar surface area (TPSA) is 66.8 Å². The number of aliphatic hydroxyl groups excluding tert-OH is 2. The molecule has 21 heavy (non-hydrogen) atoms. The van der Waals surface area contributed by atoms with Crippen LogP contribution in [0.1, 0.15) is 19.3 Å². The Bertz CT molecular complexity index is 503. The van der Waals surface area contributed by atoms with Gasteiger partial charge in [-0.25, -0.2) is 0 Å². The normalized spacial score (nSPS) is 25.7. The van der Waals surface area contributed by atoms with Crippen molar-refractivity contribution in [3.8, 4) is 17.6 Å². The third kappa shape index (κ3) is 4.59. The summed E-state index contributed by atoms with van der Waals surface area (Å²) in [6, 6.07) is 9.23. The van der Waals surface area contributed by atoms with Crippen molar-refractivity contribution in [3.63, 3.8) is 0 Å². The van der Waals surface area contributed by atoms with E-state index in [2.05, 4.69) is 11.8 Å². The molecule has 4 heteroatoms. The fourth-order valence-corrected chi connectivity index (χ4v) is 2.60. The van der Waals surface area contributed by atoms with Gasteiger partial charge in [0, 0.05) is 18.3 Å². The summed E-state index contributed by atoms with van der Waals surface area (Å²) in [4.78, 5) is 10.6. The first kappa shape index (κ1) is 15.6. The van der Waals surface area contributed by atoms with Gasteiger partial charge in [0.1, 0.15) is 24.7 Å². The van der Waals surface area contributed by atoms with Crippen LogP contribution in [0.25, 0.3) is 0 Å². The summed E-state index contributed by atoms with van der Waals surface area (Å²) in [6.07, 6.45) is 1.22. The van der Waals surface area contributed by atoms with E-state index in [4.69, 9.17) is 4.74 Å². The van der Waals surface area contributed by atoms with Crippen molar-refractivity contribution in [2.45, 2.75) is 31.5 Å². The molecule has 4 nitrogen and oxygen atoms in total. The fraction of sp³-hybridized carbons (Fsp3) is 0.471. The Labute approximate surface area is 124 Å². The molecular weight excluding hydrogens is 268 g/mol. The molecule has 0 spiro atoms. The van der Waals surface area contributed by atoms with Crippen molar-refractivity contribution >= 4 is 6.29 Å². The molecule has 2 N–H and O–H groups in total. The summed E-state index contributed by atoms with van der Waals surface area (Å²) >= 11 is 0. The molecule has 0 saturated heterocycles. The number of benzene rings is 1. The van der Waals surface area contributed by atoms with Crippen molar-refractivity contribution in [1.82, 2.24) is 0 Å². The fourth-order valence-electron chi connectivity index (χ4n) is 2.60. The van der Waals surface area contributed by atoms with Gasteiger partial charge in [-0.2, -0.15) is 0 Å². The summed E-state index contributed by atoms with van der Waals surface area (Å²) in [5.74, 6) is 6.29. The molecule has 2 rings (SSSR count). The van der Waals surface area contributed by atoms with Crippen molar-refractivity contribution in [2.75, 3.05) is 6.61 Å². The summed E-state index contributed by atoms with van der Waals surface area (Å²) in [6.45, 7) is 0.102. The molecule has 0 aliphatic heterocycles. The Morgan fingerprint density at radius 2 is 2.10 bits per heavy atom. The molecule has 112 valence electrons. The number of hydrogen-bond donors (Lipinski definition) is 2. The van der Waals surface area contributed by atoms with E-state index in [1.807, 2.05) is 30.3 Å². The van der Waals surface area contributed by atoms with Gasteiger partial charge in [-0.1, -0.05) is 30.0 Å². The van der Waals surface area contributed by atoms with E-state index in [-0.39, 0.29) is 18.4 Å². The largest absolute Gasteiger partial charge is 0.490 e. The number of rotatable bonds is 5. The highest BCUT2D eigenvalue weighted by Crippen LogP contribution is 2.33. The van der Waals surface area contributed by atoms with Crippen LogP contribution in [-0.4, -0.2) is 35.3 Å². The molecule has 1 aliphatic carbocycles. The van der Waals surface area contributed by atoms with Gasteiger partial charge in [0.2, 0.25) is 0 Å². The molecule has 0 aromatic heterocycles. The van der Waals surface area contributed by atoms with Gasteiger partial charge in [-0.3, -0.25) is 0 Å². The highest BCUT2D eigenvalue weighted by atomic mass is 16.5. The Hall–Kier alpha value is -1.83. The van der Waals surface area contributed by atoms with Gasteiger partial charge >= 0.3 is 0 Å². The first-order valence-corrected chi connectivity index (χ1v) is 7.19. The van der Waals surface area contributed by atoms with E-state index in [0.717, 1.165) is 12.7 Å². The second-order valence-corrected chi connectivity index (χ2v) is 5.25. The van der Waals surface area contributed by atoms with E-state index in [9.17, 15) is 15.0 Å². The maximum atomic E-state index is 10.6. The predicted octanol–water partition coefficient (Wildman–Crippen LogP) is 1.41.